The number of hydrogen-bond donors (Lipinski definition) is 0. The Morgan fingerprint density at radius 1 is 1.17 bits per heavy atom. The molecule has 8 heteroatoms. The van der Waals surface area contributed by atoms with Crippen LogP contribution in [0, 0.1) is 19.7 Å². The summed E-state index contributed by atoms with van der Waals surface area (Å²) in [5.41, 5.74) is 1.18. The number of aryl methyl sites for hydroxylation is 2. The SMILES string of the molecule is Cc1cc(CN2CCN(S(=O)(=O)c3ccc(F)c(C)c3)CC2)no1. The molecule has 0 bridgehead atoms. The minimum absolute atomic E-state index is 0.141. The maximum Gasteiger partial charge on any atom is 0.243 e. The lowest BCUT2D eigenvalue weighted by atomic mass is 10.2. The molecule has 0 amide bonds. The molecule has 24 heavy (non-hydrogen) atoms. The van der Waals surface area contributed by atoms with Gasteiger partial charge in [0, 0.05) is 38.8 Å². The maximum absolute atomic E-state index is 13.4. The van der Waals surface area contributed by atoms with Gasteiger partial charge in [-0.1, -0.05) is 5.16 Å². The van der Waals surface area contributed by atoms with Crippen LogP contribution in [0.3, 0.4) is 0 Å². The minimum atomic E-state index is -3.59. The van der Waals surface area contributed by atoms with Crippen molar-refractivity contribution in [1.82, 2.24) is 14.4 Å². The second-order valence-corrected chi connectivity index (χ2v) is 7.96. The van der Waals surface area contributed by atoms with E-state index in [1.165, 1.54) is 22.5 Å². The molecule has 1 aliphatic heterocycles. The molecule has 1 aromatic heterocycles. The van der Waals surface area contributed by atoms with E-state index in [4.69, 9.17) is 4.52 Å². The van der Waals surface area contributed by atoms with Gasteiger partial charge < -0.3 is 4.52 Å². The quantitative estimate of drug-likeness (QED) is 0.840. The topological polar surface area (TPSA) is 66.7 Å². The van der Waals surface area contributed by atoms with Gasteiger partial charge in [-0.2, -0.15) is 4.31 Å². The Morgan fingerprint density at radius 3 is 2.46 bits per heavy atom. The first-order valence-electron chi connectivity index (χ1n) is 7.77. The van der Waals surface area contributed by atoms with Gasteiger partial charge in [0.15, 0.2) is 0 Å². The van der Waals surface area contributed by atoms with Gasteiger partial charge in [0.1, 0.15) is 11.6 Å². The molecule has 0 N–H and O–H groups in total. The van der Waals surface area contributed by atoms with E-state index in [-0.39, 0.29) is 4.90 Å². The van der Waals surface area contributed by atoms with Crippen LogP contribution >= 0.6 is 0 Å². The summed E-state index contributed by atoms with van der Waals surface area (Å²) in [6.07, 6.45) is 0. The van der Waals surface area contributed by atoms with Crippen molar-refractivity contribution in [3.8, 4) is 0 Å². The second kappa shape index (κ2) is 6.62. The molecule has 0 saturated carbocycles. The molecule has 0 atom stereocenters. The molecule has 2 aromatic rings. The second-order valence-electron chi connectivity index (χ2n) is 6.02. The summed E-state index contributed by atoms with van der Waals surface area (Å²) in [4.78, 5) is 2.28. The van der Waals surface area contributed by atoms with Crippen LogP contribution in [0.4, 0.5) is 4.39 Å². The Morgan fingerprint density at radius 2 is 1.88 bits per heavy atom. The van der Waals surface area contributed by atoms with Crippen LogP contribution in [0.2, 0.25) is 0 Å². The van der Waals surface area contributed by atoms with Gasteiger partial charge >= 0.3 is 0 Å². The summed E-state index contributed by atoms with van der Waals surface area (Å²) in [6.45, 7) is 6.07. The number of nitrogens with zero attached hydrogens (tertiary/aromatic N) is 3. The van der Waals surface area contributed by atoms with Gasteiger partial charge in [0.2, 0.25) is 10.0 Å². The Bertz CT molecular complexity index is 827. The van der Waals surface area contributed by atoms with Crippen molar-refractivity contribution in [2.75, 3.05) is 26.2 Å². The molecule has 0 radical (unpaired) electrons. The minimum Gasteiger partial charge on any atom is -0.361 e. The number of halogens is 1. The van der Waals surface area contributed by atoms with Crippen molar-refractivity contribution in [2.24, 2.45) is 0 Å². The highest BCUT2D eigenvalue weighted by Gasteiger charge is 2.29. The van der Waals surface area contributed by atoms with Gasteiger partial charge in [-0.3, -0.25) is 4.90 Å². The smallest absolute Gasteiger partial charge is 0.243 e. The van der Waals surface area contributed by atoms with E-state index in [1.54, 1.807) is 6.92 Å². The number of benzene rings is 1. The number of rotatable bonds is 4. The Kier molecular flexibility index (Phi) is 4.71. The van der Waals surface area contributed by atoms with E-state index < -0.39 is 15.8 Å². The van der Waals surface area contributed by atoms with Crippen molar-refractivity contribution < 1.29 is 17.3 Å². The zero-order valence-electron chi connectivity index (χ0n) is 13.7. The van der Waals surface area contributed by atoms with E-state index in [9.17, 15) is 12.8 Å². The van der Waals surface area contributed by atoms with Crippen LogP contribution in [-0.2, 0) is 16.6 Å². The molecule has 6 nitrogen and oxygen atoms in total. The monoisotopic (exact) mass is 353 g/mol. The van der Waals surface area contributed by atoms with E-state index in [2.05, 4.69) is 10.1 Å². The molecule has 1 aliphatic rings. The third kappa shape index (κ3) is 3.50. The van der Waals surface area contributed by atoms with Crippen molar-refractivity contribution in [3.63, 3.8) is 0 Å². The van der Waals surface area contributed by atoms with Crippen LogP contribution in [0.25, 0.3) is 0 Å². The van der Waals surface area contributed by atoms with Crippen LogP contribution in [0.5, 0.6) is 0 Å². The van der Waals surface area contributed by atoms with Crippen LogP contribution in [-0.4, -0.2) is 49.0 Å². The lowest BCUT2D eigenvalue weighted by molar-refractivity contribution is 0.177. The number of aromatic nitrogens is 1. The van der Waals surface area contributed by atoms with E-state index in [0.29, 0.717) is 38.3 Å². The fourth-order valence-electron chi connectivity index (χ4n) is 2.78. The third-order valence-electron chi connectivity index (χ3n) is 4.16. The highest BCUT2D eigenvalue weighted by atomic mass is 32.2. The first kappa shape index (κ1) is 17.1. The van der Waals surface area contributed by atoms with Crippen LogP contribution < -0.4 is 0 Å². The molecule has 1 fully saturated rings. The van der Waals surface area contributed by atoms with Gasteiger partial charge in [-0.05, 0) is 37.6 Å². The summed E-state index contributed by atoms with van der Waals surface area (Å²) in [6, 6.07) is 5.78. The maximum atomic E-state index is 13.4. The molecule has 130 valence electrons. The normalized spacial score (nSPS) is 17.3. The molecule has 0 aliphatic carbocycles. The molecular weight excluding hydrogens is 333 g/mol. The molecule has 0 unspecified atom stereocenters. The van der Waals surface area contributed by atoms with Crippen molar-refractivity contribution >= 4 is 10.0 Å². The average molecular weight is 353 g/mol. The lowest BCUT2D eigenvalue weighted by Gasteiger charge is -2.33. The van der Waals surface area contributed by atoms with Gasteiger partial charge in [0.05, 0.1) is 10.6 Å². The first-order chi connectivity index (χ1) is 11.4. The van der Waals surface area contributed by atoms with Crippen molar-refractivity contribution in [1.29, 1.82) is 0 Å². The van der Waals surface area contributed by atoms with Crippen LogP contribution in [0.15, 0.2) is 33.7 Å². The molecule has 3 rings (SSSR count). The predicted octanol–water partition coefficient (Wildman–Crippen LogP) is 1.94. The fourth-order valence-corrected chi connectivity index (χ4v) is 4.28. The molecule has 0 spiro atoms. The molecular formula is C16H20FN3O3S. The van der Waals surface area contributed by atoms with Crippen LogP contribution in [0.1, 0.15) is 17.0 Å². The fraction of sp³-hybridized carbons (Fsp3) is 0.438. The van der Waals surface area contributed by atoms with E-state index >= 15 is 0 Å². The number of piperazine rings is 1. The molecule has 2 heterocycles. The average Bonchev–Trinajstić information content (AvgIpc) is 2.95. The first-order valence-corrected chi connectivity index (χ1v) is 9.21. The molecule has 1 aromatic carbocycles. The molecule has 1 saturated heterocycles. The standard InChI is InChI=1S/C16H20FN3O3S/c1-12-9-15(3-4-16(12)17)24(21,22)20-7-5-19(6-8-20)11-14-10-13(2)23-18-14/h3-4,9-10H,5-8,11H2,1-2H3. The Balaban J connectivity index is 1.65. The van der Waals surface area contributed by atoms with E-state index in [0.717, 1.165) is 11.5 Å². The summed E-state index contributed by atoms with van der Waals surface area (Å²) in [5, 5.41) is 3.96. The lowest BCUT2D eigenvalue weighted by Crippen LogP contribution is -2.48. The Hall–Kier alpha value is -1.77. The highest BCUT2D eigenvalue weighted by molar-refractivity contribution is 7.89. The highest BCUT2D eigenvalue weighted by Crippen LogP contribution is 2.20. The van der Waals surface area contributed by atoms with E-state index in [1.807, 2.05) is 13.0 Å². The zero-order valence-corrected chi connectivity index (χ0v) is 14.5. The Labute approximate surface area is 140 Å². The summed E-state index contributed by atoms with van der Waals surface area (Å²) < 4.78 is 45.2. The summed E-state index contributed by atoms with van der Waals surface area (Å²) in [7, 11) is -3.59. The largest absolute Gasteiger partial charge is 0.361 e. The van der Waals surface area contributed by atoms with Gasteiger partial charge in [0.25, 0.3) is 0 Å². The summed E-state index contributed by atoms with van der Waals surface area (Å²) >= 11 is 0. The van der Waals surface area contributed by atoms with Crippen molar-refractivity contribution in [2.45, 2.75) is 25.3 Å². The third-order valence-corrected chi connectivity index (χ3v) is 6.06. The summed E-state index contributed by atoms with van der Waals surface area (Å²) in [5.74, 6) is 0.361. The van der Waals surface area contributed by atoms with Gasteiger partial charge in [-0.25, -0.2) is 12.8 Å². The predicted molar refractivity (Wildman–Crippen MR) is 86.4 cm³/mol. The zero-order chi connectivity index (χ0) is 17.3. The number of hydrogen-bond acceptors (Lipinski definition) is 5. The number of sulfonamides is 1. The van der Waals surface area contributed by atoms with Gasteiger partial charge in [-0.15, -0.1) is 0 Å². The van der Waals surface area contributed by atoms with Crippen molar-refractivity contribution in [3.05, 3.63) is 47.1 Å².